The van der Waals surface area contributed by atoms with E-state index < -0.39 is 0 Å². The minimum atomic E-state index is 0.434. The zero-order chi connectivity index (χ0) is 12.4. The Bertz CT molecular complexity index is 555. The van der Waals surface area contributed by atoms with Gasteiger partial charge >= 0.3 is 0 Å². The van der Waals surface area contributed by atoms with Crippen LogP contribution < -0.4 is 10.5 Å². The molecule has 0 fully saturated rings. The van der Waals surface area contributed by atoms with Crippen LogP contribution in [0, 0.1) is 6.92 Å². The highest BCUT2D eigenvalue weighted by atomic mass is 35.5. The van der Waals surface area contributed by atoms with Crippen molar-refractivity contribution in [1.82, 2.24) is 0 Å². The topological polar surface area (TPSA) is 35.2 Å². The molecular weight excluding hydrogens is 257 g/mol. The molecule has 2 rings (SSSR count). The van der Waals surface area contributed by atoms with E-state index in [1.54, 1.807) is 30.3 Å². The molecule has 0 spiro atoms. The molecule has 2 N–H and O–H groups in total. The van der Waals surface area contributed by atoms with Gasteiger partial charge in [-0.05, 0) is 42.8 Å². The summed E-state index contributed by atoms with van der Waals surface area (Å²) < 4.78 is 5.71. The van der Waals surface area contributed by atoms with E-state index in [0.717, 1.165) is 5.56 Å². The van der Waals surface area contributed by atoms with Gasteiger partial charge in [-0.3, -0.25) is 0 Å². The third-order valence-corrected chi connectivity index (χ3v) is 2.93. The summed E-state index contributed by atoms with van der Waals surface area (Å²) in [6, 6.07) is 10.7. The number of anilines is 1. The van der Waals surface area contributed by atoms with Gasteiger partial charge in [-0.15, -0.1) is 0 Å². The molecule has 0 unspecified atom stereocenters. The largest absolute Gasteiger partial charge is 0.455 e. The van der Waals surface area contributed by atoms with Gasteiger partial charge in [0.2, 0.25) is 0 Å². The minimum absolute atomic E-state index is 0.434. The van der Waals surface area contributed by atoms with Crippen LogP contribution in [0.15, 0.2) is 36.4 Å². The van der Waals surface area contributed by atoms with Crippen LogP contribution >= 0.6 is 23.2 Å². The first-order valence-electron chi connectivity index (χ1n) is 5.06. The standard InChI is InChI=1S/C13H11Cl2NO/c1-8-7-9(14)5-6-11(8)17-12-4-2-3-10(15)13(12)16/h2-7H,16H2,1H3. The monoisotopic (exact) mass is 267 g/mol. The lowest BCUT2D eigenvalue weighted by atomic mass is 10.2. The molecule has 0 radical (unpaired) electrons. The molecule has 0 heterocycles. The van der Waals surface area contributed by atoms with Crippen molar-refractivity contribution in [3.8, 4) is 11.5 Å². The van der Waals surface area contributed by atoms with Gasteiger partial charge < -0.3 is 10.5 Å². The summed E-state index contributed by atoms with van der Waals surface area (Å²) in [4.78, 5) is 0. The van der Waals surface area contributed by atoms with Gasteiger partial charge in [-0.2, -0.15) is 0 Å². The maximum Gasteiger partial charge on any atom is 0.151 e. The van der Waals surface area contributed by atoms with Gasteiger partial charge in [-0.1, -0.05) is 29.3 Å². The molecule has 0 aliphatic carbocycles. The Morgan fingerprint density at radius 2 is 1.82 bits per heavy atom. The lowest BCUT2D eigenvalue weighted by Gasteiger charge is -2.11. The van der Waals surface area contributed by atoms with Crippen molar-refractivity contribution < 1.29 is 4.74 Å². The van der Waals surface area contributed by atoms with Crippen LogP contribution in [0.4, 0.5) is 5.69 Å². The highest BCUT2D eigenvalue weighted by Crippen LogP contribution is 2.34. The summed E-state index contributed by atoms with van der Waals surface area (Å²) in [5.41, 5.74) is 7.20. The lowest BCUT2D eigenvalue weighted by molar-refractivity contribution is 0.481. The smallest absolute Gasteiger partial charge is 0.151 e. The van der Waals surface area contributed by atoms with Crippen molar-refractivity contribution in [2.24, 2.45) is 0 Å². The van der Waals surface area contributed by atoms with E-state index in [1.807, 2.05) is 13.0 Å². The van der Waals surface area contributed by atoms with Gasteiger partial charge in [0.15, 0.2) is 5.75 Å². The summed E-state index contributed by atoms with van der Waals surface area (Å²) >= 11 is 11.8. The summed E-state index contributed by atoms with van der Waals surface area (Å²) in [7, 11) is 0. The molecule has 2 aromatic rings. The Balaban J connectivity index is 2.35. The summed E-state index contributed by atoms with van der Waals surface area (Å²) in [6.07, 6.45) is 0. The second-order valence-electron chi connectivity index (χ2n) is 3.66. The second kappa shape index (κ2) is 4.86. The van der Waals surface area contributed by atoms with Crippen molar-refractivity contribution in [2.75, 3.05) is 5.73 Å². The fourth-order valence-corrected chi connectivity index (χ4v) is 1.84. The summed E-state index contributed by atoms with van der Waals surface area (Å²) in [5, 5.41) is 1.16. The number of rotatable bonds is 2. The zero-order valence-corrected chi connectivity index (χ0v) is 10.7. The van der Waals surface area contributed by atoms with Crippen LogP contribution in [-0.2, 0) is 0 Å². The first kappa shape index (κ1) is 12.1. The molecule has 0 saturated heterocycles. The first-order valence-corrected chi connectivity index (χ1v) is 5.81. The fraction of sp³-hybridized carbons (Fsp3) is 0.0769. The number of nitrogens with two attached hydrogens (primary N) is 1. The van der Waals surface area contributed by atoms with Crippen molar-refractivity contribution >= 4 is 28.9 Å². The second-order valence-corrected chi connectivity index (χ2v) is 4.51. The Kier molecular flexibility index (Phi) is 3.46. The predicted molar refractivity (Wildman–Crippen MR) is 72.1 cm³/mol. The molecule has 2 nitrogen and oxygen atoms in total. The van der Waals surface area contributed by atoms with Crippen molar-refractivity contribution in [2.45, 2.75) is 6.92 Å². The molecule has 2 aromatic carbocycles. The predicted octanol–water partition coefficient (Wildman–Crippen LogP) is 4.68. The third-order valence-electron chi connectivity index (χ3n) is 2.37. The molecule has 88 valence electrons. The molecule has 17 heavy (non-hydrogen) atoms. The van der Waals surface area contributed by atoms with Crippen LogP contribution in [0.2, 0.25) is 10.0 Å². The molecule has 0 amide bonds. The Hall–Kier alpha value is -1.38. The van der Waals surface area contributed by atoms with E-state index in [-0.39, 0.29) is 0 Å². The van der Waals surface area contributed by atoms with Crippen LogP contribution in [0.5, 0.6) is 11.5 Å². The average molecular weight is 268 g/mol. The molecular formula is C13H11Cl2NO. The van der Waals surface area contributed by atoms with Crippen molar-refractivity contribution in [3.05, 3.63) is 52.0 Å². The number of para-hydroxylation sites is 1. The van der Waals surface area contributed by atoms with Gasteiger partial charge in [0.05, 0.1) is 10.7 Å². The number of nitrogen functional groups attached to an aromatic ring is 1. The summed E-state index contributed by atoms with van der Waals surface area (Å²) in [5.74, 6) is 1.26. The number of halogens is 2. The van der Waals surface area contributed by atoms with E-state index in [4.69, 9.17) is 33.7 Å². The third kappa shape index (κ3) is 2.65. The number of ether oxygens (including phenoxy) is 1. The molecule has 4 heteroatoms. The lowest BCUT2D eigenvalue weighted by Crippen LogP contribution is -1.94. The van der Waals surface area contributed by atoms with E-state index in [2.05, 4.69) is 0 Å². The molecule has 0 saturated carbocycles. The van der Waals surface area contributed by atoms with Crippen LogP contribution in [-0.4, -0.2) is 0 Å². The van der Waals surface area contributed by atoms with E-state index in [9.17, 15) is 0 Å². The zero-order valence-electron chi connectivity index (χ0n) is 9.21. The molecule has 0 aliphatic rings. The van der Waals surface area contributed by atoms with Gasteiger partial charge in [-0.25, -0.2) is 0 Å². The Labute approximate surface area is 110 Å². The van der Waals surface area contributed by atoms with Crippen LogP contribution in [0.25, 0.3) is 0 Å². The van der Waals surface area contributed by atoms with E-state index in [1.165, 1.54) is 0 Å². The number of benzene rings is 2. The van der Waals surface area contributed by atoms with Gasteiger partial charge in [0.1, 0.15) is 5.75 Å². The average Bonchev–Trinajstić information content (AvgIpc) is 2.28. The van der Waals surface area contributed by atoms with Crippen molar-refractivity contribution in [1.29, 1.82) is 0 Å². The van der Waals surface area contributed by atoms with Gasteiger partial charge in [0, 0.05) is 5.02 Å². The van der Waals surface area contributed by atoms with Gasteiger partial charge in [0.25, 0.3) is 0 Å². The highest BCUT2D eigenvalue weighted by molar-refractivity contribution is 6.33. The maximum atomic E-state index is 5.92. The number of hydrogen-bond donors (Lipinski definition) is 1. The van der Waals surface area contributed by atoms with E-state index >= 15 is 0 Å². The molecule has 0 bridgehead atoms. The first-order chi connectivity index (χ1) is 8.08. The Morgan fingerprint density at radius 3 is 2.53 bits per heavy atom. The molecule has 0 aliphatic heterocycles. The maximum absolute atomic E-state index is 5.92. The summed E-state index contributed by atoms with van der Waals surface area (Å²) in [6.45, 7) is 1.92. The number of aryl methyl sites for hydroxylation is 1. The van der Waals surface area contributed by atoms with E-state index in [0.29, 0.717) is 27.2 Å². The molecule has 0 atom stereocenters. The fourth-order valence-electron chi connectivity index (χ4n) is 1.45. The van der Waals surface area contributed by atoms with Crippen molar-refractivity contribution in [3.63, 3.8) is 0 Å². The SMILES string of the molecule is Cc1cc(Cl)ccc1Oc1cccc(Cl)c1N. The quantitative estimate of drug-likeness (QED) is 0.803. The Morgan fingerprint density at radius 1 is 1.06 bits per heavy atom. The molecule has 0 aromatic heterocycles. The minimum Gasteiger partial charge on any atom is -0.455 e. The van der Waals surface area contributed by atoms with Crippen LogP contribution in [0.1, 0.15) is 5.56 Å². The number of hydrogen-bond acceptors (Lipinski definition) is 2. The normalized spacial score (nSPS) is 10.3. The highest BCUT2D eigenvalue weighted by Gasteiger charge is 2.07. The van der Waals surface area contributed by atoms with Crippen LogP contribution in [0.3, 0.4) is 0 Å².